The normalized spacial score (nSPS) is 15.1. The fourth-order valence-electron chi connectivity index (χ4n) is 4.57. The minimum absolute atomic E-state index is 0.106. The van der Waals surface area contributed by atoms with Gasteiger partial charge in [-0.1, -0.05) is 6.07 Å². The topological polar surface area (TPSA) is 80.9 Å². The Labute approximate surface area is 200 Å². The average Bonchev–Trinajstić information content (AvgIpc) is 3.41. The molecule has 8 heteroatoms. The molecular formula is C26H24N2O5S. The number of thiophene rings is 1. The Hall–Kier alpha value is -3.78. The van der Waals surface area contributed by atoms with Crippen molar-refractivity contribution in [3.8, 4) is 17.2 Å². The van der Waals surface area contributed by atoms with Gasteiger partial charge in [0.05, 0.1) is 32.2 Å². The summed E-state index contributed by atoms with van der Waals surface area (Å²) in [7, 11) is 4.77. The van der Waals surface area contributed by atoms with E-state index in [0.29, 0.717) is 46.2 Å². The van der Waals surface area contributed by atoms with Gasteiger partial charge in [0.2, 0.25) is 0 Å². The summed E-state index contributed by atoms with van der Waals surface area (Å²) in [4.78, 5) is 32.3. The molecule has 1 N–H and O–H groups in total. The number of pyridine rings is 1. The van der Waals surface area contributed by atoms with Crippen LogP contribution in [-0.4, -0.2) is 43.7 Å². The number of fused-ring (bicyclic) bond motifs is 2. The smallest absolute Gasteiger partial charge is 0.264 e. The highest BCUT2D eigenvalue weighted by molar-refractivity contribution is 7.12. The molecule has 1 aliphatic rings. The molecule has 0 fully saturated rings. The van der Waals surface area contributed by atoms with Crippen LogP contribution in [0.3, 0.4) is 0 Å². The number of hydrogen-bond acceptors (Lipinski definition) is 6. The third kappa shape index (κ3) is 3.70. The van der Waals surface area contributed by atoms with Crippen molar-refractivity contribution in [2.75, 3.05) is 27.9 Å². The second-order valence-corrected chi connectivity index (χ2v) is 8.99. The van der Waals surface area contributed by atoms with Crippen LogP contribution in [0.5, 0.6) is 17.2 Å². The first-order valence-electron chi connectivity index (χ1n) is 10.8. The fraction of sp³-hybridized carbons (Fsp3) is 0.231. The first-order valence-corrected chi connectivity index (χ1v) is 11.7. The second kappa shape index (κ2) is 8.87. The Bertz CT molecular complexity index is 1430. The maximum Gasteiger partial charge on any atom is 0.264 e. The lowest BCUT2D eigenvalue weighted by Gasteiger charge is -2.37. The zero-order valence-electron chi connectivity index (χ0n) is 19.1. The van der Waals surface area contributed by atoms with Gasteiger partial charge in [-0.05, 0) is 65.4 Å². The largest absolute Gasteiger partial charge is 0.497 e. The third-order valence-electron chi connectivity index (χ3n) is 6.24. The van der Waals surface area contributed by atoms with Gasteiger partial charge < -0.3 is 24.1 Å². The van der Waals surface area contributed by atoms with Crippen molar-refractivity contribution in [1.82, 2.24) is 9.88 Å². The molecule has 0 spiro atoms. The lowest BCUT2D eigenvalue weighted by Crippen LogP contribution is -2.42. The molecule has 174 valence electrons. The summed E-state index contributed by atoms with van der Waals surface area (Å²) < 4.78 is 16.4. The van der Waals surface area contributed by atoms with Gasteiger partial charge >= 0.3 is 0 Å². The number of benzene rings is 2. The van der Waals surface area contributed by atoms with E-state index in [1.54, 1.807) is 32.3 Å². The van der Waals surface area contributed by atoms with Gasteiger partial charge in [0.1, 0.15) is 5.75 Å². The van der Waals surface area contributed by atoms with E-state index in [2.05, 4.69) is 4.98 Å². The summed E-state index contributed by atoms with van der Waals surface area (Å²) in [6, 6.07) is 14.2. The Morgan fingerprint density at radius 1 is 1.00 bits per heavy atom. The maximum atomic E-state index is 13.6. The van der Waals surface area contributed by atoms with Crippen molar-refractivity contribution in [3.05, 3.63) is 85.8 Å². The molecule has 34 heavy (non-hydrogen) atoms. The molecule has 5 rings (SSSR count). The molecule has 7 nitrogen and oxygen atoms in total. The molecule has 0 saturated heterocycles. The predicted octanol–water partition coefficient (Wildman–Crippen LogP) is 4.40. The molecule has 1 atom stereocenters. The molecule has 0 aliphatic carbocycles. The monoisotopic (exact) mass is 476 g/mol. The van der Waals surface area contributed by atoms with E-state index in [0.717, 1.165) is 16.5 Å². The fourth-order valence-corrected chi connectivity index (χ4v) is 5.25. The van der Waals surface area contributed by atoms with Crippen LogP contribution in [0.4, 0.5) is 0 Å². The maximum absolute atomic E-state index is 13.6. The lowest BCUT2D eigenvalue weighted by molar-refractivity contribution is 0.0698. The van der Waals surface area contributed by atoms with Crippen LogP contribution in [0, 0.1) is 0 Å². The standard InChI is InChI=1S/C26H24N2O5S/c1-31-17-6-7-20-16(11-17)12-19(25(29)27-20)24-18-14-22(33-3)21(32-2)13-15(18)8-9-28(24)26(30)23-5-4-10-34-23/h4-7,10-14,24H,8-9H2,1-3H3,(H,27,29)/t24-/m0/s1. The van der Waals surface area contributed by atoms with E-state index in [4.69, 9.17) is 14.2 Å². The Kier molecular flexibility index (Phi) is 5.75. The number of methoxy groups -OCH3 is 3. The van der Waals surface area contributed by atoms with Gasteiger partial charge in [0, 0.05) is 23.0 Å². The number of rotatable bonds is 5. The number of aromatic nitrogens is 1. The van der Waals surface area contributed by atoms with Gasteiger partial charge in [-0.2, -0.15) is 0 Å². The summed E-state index contributed by atoms with van der Waals surface area (Å²) in [5, 5.41) is 2.70. The zero-order valence-corrected chi connectivity index (χ0v) is 19.9. The van der Waals surface area contributed by atoms with Gasteiger partial charge in [0.25, 0.3) is 11.5 Å². The highest BCUT2D eigenvalue weighted by atomic mass is 32.1. The first-order chi connectivity index (χ1) is 16.5. The number of carbonyl (C=O) groups is 1. The SMILES string of the molecule is COc1ccc2[nH]c(=O)c([C@@H]3c4cc(OC)c(OC)cc4CCN3C(=O)c3cccs3)cc2c1. The molecule has 0 unspecified atom stereocenters. The van der Waals surface area contributed by atoms with E-state index in [1.807, 2.05) is 47.8 Å². The molecule has 2 aromatic heterocycles. The predicted molar refractivity (Wildman–Crippen MR) is 132 cm³/mol. The van der Waals surface area contributed by atoms with Crippen molar-refractivity contribution < 1.29 is 19.0 Å². The Morgan fingerprint density at radius 3 is 2.50 bits per heavy atom. The van der Waals surface area contributed by atoms with Gasteiger partial charge in [-0.25, -0.2) is 0 Å². The molecular weight excluding hydrogens is 452 g/mol. The number of H-pyrrole nitrogens is 1. The van der Waals surface area contributed by atoms with Gasteiger partial charge in [0.15, 0.2) is 11.5 Å². The minimum atomic E-state index is -0.586. The number of aromatic amines is 1. The minimum Gasteiger partial charge on any atom is -0.497 e. The van der Waals surface area contributed by atoms with Crippen molar-refractivity contribution in [2.24, 2.45) is 0 Å². The van der Waals surface area contributed by atoms with Crippen LogP contribution in [0.2, 0.25) is 0 Å². The van der Waals surface area contributed by atoms with E-state index < -0.39 is 6.04 Å². The van der Waals surface area contributed by atoms with Crippen LogP contribution in [-0.2, 0) is 6.42 Å². The number of carbonyl (C=O) groups excluding carboxylic acids is 1. The summed E-state index contributed by atoms with van der Waals surface area (Å²) in [5.74, 6) is 1.75. The van der Waals surface area contributed by atoms with E-state index in [9.17, 15) is 9.59 Å². The molecule has 4 aromatic rings. The number of nitrogens with zero attached hydrogens (tertiary/aromatic N) is 1. The molecule has 1 aliphatic heterocycles. The second-order valence-electron chi connectivity index (χ2n) is 8.04. The molecule has 0 saturated carbocycles. The summed E-state index contributed by atoms with van der Waals surface area (Å²) in [5.41, 5.74) is 2.81. The number of amides is 1. The van der Waals surface area contributed by atoms with Crippen LogP contribution >= 0.6 is 11.3 Å². The average molecular weight is 477 g/mol. The molecule has 3 heterocycles. The van der Waals surface area contributed by atoms with Crippen LogP contribution in [0.1, 0.15) is 32.4 Å². The van der Waals surface area contributed by atoms with Crippen LogP contribution in [0.15, 0.2) is 58.7 Å². The quantitative estimate of drug-likeness (QED) is 0.462. The number of hydrogen-bond donors (Lipinski definition) is 1. The van der Waals surface area contributed by atoms with E-state index >= 15 is 0 Å². The van der Waals surface area contributed by atoms with Crippen molar-refractivity contribution >= 4 is 28.1 Å². The van der Waals surface area contributed by atoms with Crippen molar-refractivity contribution in [2.45, 2.75) is 12.5 Å². The van der Waals surface area contributed by atoms with Crippen molar-refractivity contribution in [3.63, 3.8) is 0 Å². The number of nitrogens with one attached hydrogen (secondary N) is 1. The Morgan fingerprint density at radius 2 is 1.79 bits per heavy atom. The Balaban J connectivity index is 1.74. The molecule has 2 aromatic carbocycles. The molecule has 1 amide bonds. The zero-order chi connectivity index (χ0) is 23.8. The molecule has 0 radical (unpaired) electrons. The van der Waals surface area contributed by atoms with E-state index in [-0.39, 0.29) is 11.5 Å². The molecule has 0 bridgehead atoms. The van der Waals surface area contributed by atoms with Gasteiger partial charge in [-0.15, -0.1) is 11.3 Å². The lowest BCUT2D eigenvalue weighted by atomic mass is 9.87. The van der Waals surface area contributed by atoms with Crippen LogP contribution < -0.4 is 19.8 Å². The highest BCUT2D eigenvalue weighted by Gasteiger charge is 2.35. The summed E-state index contributed by atoms with van der Waals surface area (Å²) in [6.07, 6.45) is 0.641. The van der Waals surface area contributed by atoms with Crippen LogP contribution in [0.25, 0.3) is 10.9 Å². The van der Waals surface area contributed by atoms with Crippen molar-refractivity contribution in [1.29, 1.82) is 0 Å². The highest BCUT2D eigenvalue weighted by Crippen LogP contribution is 2.41. The number of ether oxygens (including phenoxy) is 3. The third-order valence-corrected chi connectivity index (χ3v) is 7.10. The summed E-state index contributed by atoms with van der Waals surface area (Å²) in [6.45, 7) is 0.472. The summed E-state index contributed by atoms with van der Waals surface area (Å²) >= 11 is 1.39. The van der Waals surface area contributed by atoms with E-state index in [1.165, 1.54) is 11.3 Å². The van der Waals surface area contributed by atoms with Gasteiger partial charge in [-0.3, -0.25) is 9.59 Å². The first kappa shape index (κ1) is 22.0.